The Morgan fingerprint density at radius 3 is 2.85 bits per heavy atom. The van der Waals surface area contributed by atoms with Gasteiger partial charge in [-0.3, -0.25) is 4.79 Å². The largest absolute Gasteiger partial charge is 0.452 e. The molecular formula is C19H23N3O4S. The topological polar surface area (TPSA) is 85.5 Å². The predicted octanol–water partition coefficient (Wildman–Crippen LogP) is 3.09. The minimum absolute atomic E-state index is 0.147. The molecule has 1 aliphatic heterocycles. The van der Waals surface area contributed by atoms with E-state index >= 15 is 0 Å². The second kappa shape index (κ2) is 9.03. The lowest BCUT2D eigenvalue weighted by Crippen LogP contribution is -2.40. The van der Waals surface area contributed by atoms with E-state index in [0.29, 0.717) is 22.3 Å². The monoisotopic (exact) mass is 389 g/mol. The van der Waals surface area contributed by atoms with Gasteiger partial charge in [-0.2, -0.15) is 0 Å². The van der Waals surface area contributed by atoms with Crippen LogP contribution in [0.3, 0.4) is 0 Å². The highest BCUT2D eigenvalue weighted by Crippen LogP contribution is 2.24. The maximum Gasteiger partial charge on any atom is 0.341 e. The molecule has 0 N–H and O–H groups in total. The van der Waals surface area contributed by atoms with Gasteiger partial charge in [0.15, 0.2) is 6.61 Å². The molecule has 27 heavy (non-hydrogen) atoms. The first-order valence-corrected chi connectivity index (χ1v) is 9.96. The first kappa shape index (κ1) is 19.4. The van der Waals surface area contributed by atoms with E-state index in [9.17, 15) is 9.59 Å². The van der Waals surface area contributed by atoms with Crippen molar-refractivity contribution >= 4 is 23.6 Å². The summed E-state index contributed by atoms with van der Waals surface area (Å²) in [5, 5.41) is 4.48. The zero-order valence-corrected chi connectivity index (χ0v) is 16.3. The number of aryl methyl sites for hydroxylation is 1. The molecule has 7 nitrogen and oxygen atoms in total. The Kier molecular flexibility index (Phi) is 6.49. The molecule has 1 saturated heterocycles. The van der Waals surface area contributed by atoms with Gasteiger partial charge in [-0.25, -0.2) is 9.78 Å². The lowest BCUT2D eigenvalue weighted by atomic mass is 9.99. The van der Waals surface area contributed by atoms with Gasteiger partial charge in [0.05, 0.1) is 11.3 Å². The normalized spacial score (nSPS) is 15.0. The van der Waals surface area contributed by atoms with Crippen LogP contribution in [-0.4, -0.2) is 46.6 Å². The summed E-state index contributed by atoms with van der Waals surface area (Å²) in [7, 11) is 0. The molecule has 3 rings (SSSR count). The minimum atomic E-state index is -0.541. The number of hydrogen-bond acceptors (Lipinski definition) is 7. The molecular weight excluding hydrogens is 366 g/mol. The van der Waals surface area contributed by atoms with Gasteiger partial charge < -0.3 is 14.2 Å². The molecule has 0 atom stereocenters. The fourth-order valence-corrected chi connectivity index (χ4v) is 3.71. The number of aromatic nitrogens is 2. The first-order valence-electron chi connectivity index (χ1n) is 8.98. The molecule has 144 valence electrons. The molecule has 2 aromatic heterocycles. The average molecular weight is 389 g/mol. The van der Waals surface area contributed by atoms with E-state index in [1.807, 2.05) is 13.0 Å². The van der Waals surface area contributed by atoms with Crippen LogP contribution in [0, 0.1) is 12.8 Å². The molecule has 0 unspecified atom stereocenters. The van der Waals surface area contributed by atoms with Crippen molar-refractivity contribution in [2.75, 3.05) is 19.7 Å². The Bertz CT molecular complexity index is 800. The SMILES string of the molecule is Cc1cc(CSc2ncccc2C(=O)OCC(=O)N2CCC(C)CC2)no1. The van der Waals surface area contributed by atoms with E-state index in [2.05, 4.69) is 17.1 Å². The third-order valence-corrected chi connectivity index (χ3v) is 5.53. The second-order valence-electron chi connectivity index (χ2n) is 6.71. The van der Waals surface area contributed by atoms with Gasteiger partial charge in [0, 0.05) is 31.1 Å². The van der Waals surface area contributed by atoms with Crippen molar-refractivity contribution in [3.05, 3.63) is 41.4 Å². The molecule has 0 saturated carbocycles. The van der Waals surface area contributed by atoms with Crippen LogP contribution in [0.2, 0.25) is 0 Å². The summed E-state index contributed by atoms with van der Waals surface area (Å²) in [5.41, 5.74) is 1.12. The van der Waals surface area contributed by atoms with Gasteiger partial charge in [-0.15, -0.1) is 0 Å². The maximum atomic E-state index is 12.4. The van der Waals surface area contributed by atoms with Crippen LogP contribution in [0.25, 0.3) is 0 Å². The van der Waals surface area contributed by atoms with Crippen LogP contribution >= 0.6 is 11.8 Å². The molecule has 0 aliphatic carbocycles. The minimum Gasteiger partial charge on any atom is -0.452 e. The third kappa shape index (κ3) is 5.32. The van der Waals surface area contributed by atoms with Crippen molar-refractivity contribution in [3.8, 4) is 0 Å². The maximum absolute atomic E-state index is 12.4. The van der Waals surface area contributed by atoms with Crippen LogP contribution in [0.5, 0.6) is 0 Å². The lowest BCUT2D eigenvalue weighted by molar-refractivity contribution is -0.135. The van der Waals surface area contributed by atoms with Crippen molar-refractivity contribution in [1.29, 1.82) is 0 Å². The number of rotatable bonds is 6. The van der Waals surface area contributed by atoms with Crippen molar-refractivity contribution < 1.29 is 18.8 Å². The van der Waals surface area contributed by atoms with Crippen LogP contribution in [0.4, 0.5) is 0 Å². The summed E-state index contributed by atoms with van der Waals surface area (Å²) >= 11 is 1.37. The number of pyridine rings is 1. The molecule has 8 heteroatoms. The summed E-state index contributed by atoms with van der Waals surface area (Å²) in [6.45, 7) is 5.22. The van der Waals surface area contributed by atoms with E-state index in [4.69, 9.17) is 9.26 Å². The molecule has 1 amide bonds. The summed E-state index contributed by atoms with van der Waals surface area (Å²) in [6, 6.07) is 5.17. The number of likely N-dealkylation sites (tertiary alicyclic amines) is 1. The van der Waals surface area contributed by atoms with Crippen LogP contribution < -0.4 is 0 Å². The van der Waals surface area contributed by atoms with E-state index in [1.54, 1.807) is 23.2 Å². The first-order chi connectivity index (χ1) is 13.0. The number of nitrogens with zero attached hydrogens (tertiary/aromatic N) is 3. The fourth-order valence-electron chi connectivity index (χ4n) is 2.84. The van der Waals surface area contributed by atoms with Crippen LogP contribution in [0.1, 0.15) is 41.6 Å². The van der Waals surface area contributed by atoms with Gasteiger partial charge in [0.1, 0.15) is 10.8 Å². The Labute approximate surface area is 162 Å². The van der Waals surface area contributed by atoms with Gasteiger partial charge in [-0.05, 0) is 37.8 Å². The number of hydrogen-bond donors (Lipinski definition) is 0. The molecule has 1 aliphatic rings. The number of thioether (sulfide) groups is 1. The standard InChI is InChI=1S/C19H23N3O4S/c1-13-5-8-22(9-6-13)17(23)11-25-19(24)16-4-3-7-20-18(16)27-12-15-10-14(2)26-21-15/h3-4,7,10,13H,5-6,8-9,11-12H2,1-2H3. The zero-order valence-electron chi connectivity index (χ0n) is 15.5. The van der Waals surface area contributed by atoms with E-state index in [1.165, 1.54) is 11.8 Å². The Hall–Kier alpha value is -2.35. The van der Waals surface area contributed by atoms with Crippen molar-refractivity contribution in [1.82, 2.24) is 15.0 Å². The fraction of sp³-hybridized carbons (Fsp3) is 0.474. The Morgan fingerprint density at radius 2 is 2.15 bits per heavy atom. The summed E-state index contributed by atoms with van der Waals surface area (Å²) in [4.78, 5) is 30.7. The van der Waals surface area contributed by atoms with E-state index in [-0.39, 0.29) is 12.5 Å². The number of esters is 1. The molecule has 0 bridgehead atoms. The van der Waals surface area contributed by atoms with Gasteiger partial charge in [0.2, 0.25) is 0 Å². The van der Waals surface area contributed by atoms with Crippen molar-refractivity contribution in [2.45, 2.75) is 37.5 Å². The van der Waals surface area contributed by atoms with E-state index in [0.717, 1.165) is 37.4 Å². The summed E-state index contributed by atoms with van der Waals surface area (Å²) in [5.74, 6) is 1.21. The quantitative estimate of drug-likeness (QED) is 0.554. The number of carbonyl (C=O) groups is 2. The highest BCUT2D eigenvalue weighted by atomic mass is 32.2. The zero-order chi connectivity index (χ0) is 19.2. The molecule has 2 aromatic rings. The van der Waals surface area contributed by atoms with Crippen molar-refractivity contribution in [3.63, 3.8) is 0 Å². The van der Waals surface area contributed by atoms with E-state index < -0.39 is 5.97 Å². The summed E-state index contributed by atoms with van der Waals surface area (Å²) < 4.78 is 10.3. The van der Waals surface area contributed by atoms with Crippen LogP contribution in [0.15, 0.2) is 33.9 Å². The van der Waals surface area contributed by atoms with Crippen LogP contribution in [-0.2, 0) is 15.3 Å². The highest BCUT2D eigenvalue weighted by Gasteiger charge is 2.22. The average Bonchev–Trinajstić information content (AvgIpc) is 3.10. The lowest BCUT2D eigenvalue weighted by Gasteiger charge is -2.30. The third-order valence-electron chi connectivity index (χ3n) is 4.49. The molecule has 0 radical (unpaired) electrons. The van der Waals surface area contributed by atoms with Gasteiger partial charge in [-0.1, -0.05) is 23.8 Å². The Balaban J connectivity index is 1.55. The number of ether oxygens (including phenoxy) is 1. The smallest absolute Gasteiger partial charge is 0.341 e. The number of carbonyl (C=O) groups excluding carboxylic acids is 2. The highest BCUT2D eigenvalue weighted by molar-refractivity contribution is 7.98. The van der Waals surface area contributed by atoms with Gasteiger partial charge in [0.25, 0.3) is 5.91 Å². The second-order valence-corrected chi connectivity index (χ2v) is 7.68. The summed E-state index contributed by atoms with van der Waals surface area (Å²) in [6.07, 6.45) is 3.60. The molecule has 1 fully saturated rings. The van der Waals surface area contributed by atoms with Gasteiger partial charge >= 0.3 is 5.97 Å². The molecule has 0 spiro atoms. The number of amides is 1. The number of piperidine rings is 1. The predicted molar refractivity (Wildman–Crippen MR) is 100 cm³/mol. The van der Waals surface area contributed by atoms with Crippen molar-refractivity contribution in [2.24, 2.45) is 5.92 Å². The Morgan fingerprint density at radius 1 is 1.37 bits per heavy atom. The molecule has 3 heterocycles. The molecule has 0 aromatic carbocycles.